The lowest BCUT2D eigenvalue weighted by Gasteiger charge is -2.26. The van der Waals surface area contributed by atoms with Crippen molar-refractivity contribution in [1.82, 2.24) is 5.32 Å². The molecule has 1 aliphatic heterocycles. The Hall–Kier alpha value is -0.410. The summed E-state index contributed by atoms with van der Waals surface area (Å²) < 4.78 is 5.40. The van der Waals surface area contributed by atoms with Crippen LogP contribution in [0.15, 0.2) is 0 Å². The van der Waals surface area contributed by atoms with Crippen molar-refractivity contribution in [3.05, 3.63) is 0 Å². The van der Waals surface area contributed by atoms with E-state index < -0.39 is 0 Å². The Morgan fingerprint density at radius 2 is 2.64 bits per heavy atom. The zero-order valence-corrected chi connectivity index (χ0v) is 6.80. The molecule has 0 saturated carbocycles. The number of nitrogens with one attached hydrogen (secondary N) is 1. The van der Waals surface area contributed by atoms with Crippen LogP contribution in [0, 0.1) is 5.92 Å². The molecule has 2 unspecified atom stereocenters. The molecule has 3 heteroatoms. The third kappa shape index (κ3) is 2.27. The van der Waals surface area contributed by atoms with Crippen molar-refractivity contribution < 1.29 is 9.53 Å². The minimum atomic E-state index is -0.0530. The van der Waals surface area contributed by atoms with E-state index in [1.807, 2.05) is 13.2 Å². The summed E-state index contributed by atoms with van der Waals surface area (Å²) in [6.45, 7) is 4.37. The maximum Gasteiger partial charge on any atom is 0.204 e. The Balaban J connectivity index is 2.35. The number of hydrogen-bond donors (Lipinski definition) is 1. The Kier molecular flexibility index (Phi) is 3.52. The highest BCUT2D eigenvalue weighted by Crippen LogP contribution is 2.10. The van der Waals surface area contributed by atoms with Crippen molar-refractivity contribution in [2.45, 2.75) is 19.4 Å². The lowest BCUT2D eigenvalue weighted by atomic mass is 10.0. The molecule has 1 saturated heterocycles. The van der Waals surface area contributed by atoms with Gasteiger partial charge in [-0.2, -0.15) is 0 Å². The summed E-state index contributed by atoms with van der Waals surface area (Å²) in [5.41, 5.74) is 0. The number of morpholine rings is 1. The third-order valence-electron chi connectivity index (χ3n) is 2.00. The first-order chi connectivity index (χ1) is 5.38. The first kappa shape index (κ1) is 8.68. The summed E-state index contributed by atoms with van der Waals surface area (Å²) in [7, 11) is 0. The highest BCUT2D eigenvalue weighted by Gasteiger charge is 2.22. The van der Waals surface area contributed by atoms with E-state index in [1.165, 1.54) is 0 Å². The minimum absolute atomic E-state index is 0.0475. The van der Waals surface area contributed by atoms with E-state index in [1.54, 1.807) is 0 Å². The molecular formula is C8H14NO2. The zero-order chi connectivity index (χ0) is 8.10. The van der Waals surface area contributed by atoms with Crippen molar-refractivity contribution >= 4 is 6.29 Å². The summed E-state index contributed by atoms with van der Waals surface area (Å²) >= 11 is 0. The van der Waals surface area contributed by atoms with E-state index in [0.29, 0.717) is 6.61 Å². The molecule has 3 nitrogen and oxygen atoms in total. The Bertz CT molecular complexity index is 121. The molecule has 1 rings (SSSR count). The van der Waals surface area contributed by atoms with Gasteiger partial charge in [0.05, 0.1) is 18.6 Å². The summed E-state index contributed by atoms with van der Waals surface area (Å²) in [6.07, 6.45) is 2.87. The van der Waals surface area contributed by atoms with Crippen LogP contribution in [0.3, 0.4) is 0 Å². The minimum Gasteiger partial charge on any atom is -0.375 e. The van der Waals surface area contributed by atoms with Crippen LogP contribution in [-0.2, 0) is 9.53 Å². The molecule has 0 bridgehead atoms. The summed E-state index contributed by atoms with van der Waals surface area (Å²) in [4.78, 5) is 10.4. The molecule has 0 aromatic rings. The largest absolute Gasteiger partial charge is 0.375 e. The normalized spacial score (nSPS) is 27.9. The van der Waals surface area contributed by atoms with Gasteiger partial charge in [-0.1, -0.05) is 6.92 Å². The van der Waals surface area contributed by atoms with Crippen LogP contribution < -0.4 is 5.32 Å². The van der Waals surface area contributed by atoms with Gasteiger partial charge in [0, 0.05) is 13.1 Å². The quantitative estimate of drug-likeness (QED) is 0.630. The Morgan fingerprint density at radius 3 is 3.09 bits per heavy atom. The van der Waals surface area contributed by atoms with Crippen LogP contribution in [0.2, 0.25) is 0 Å². The van der Waals surface area contributed by atoms with E-state index in [2.05, 4.69) is 5.32 Å². The molecule has 1 fully saturated rings. The molecule has 0 aromatic heterocycles. The van der Waals surface area contributed by atoms with Gasteiger partial charge in [-0.25, -0.2) is 0 Å². The van der Waals surface area contributed by atoms with Gasteiger partial charge >= 0.3 is 0 Å². The molecule has 1 aliphatic rings. The molecule has 1 N–H and O–H groups in total. The molecule has 0 aliphatic carbocycles. The third-order valence-corrected chi connectivity index (χ3v) is 2.00. The van der Waals surface area contributed by atoms with E-state index in [9.17, 15) is 4.79 Å². The van der Waals surface area contributed by atoms with Crippen molar-refractivity contribution in [2.75, 3.05) is 19.7 Å². The summed E-state index contributed by atoms with van der Waals surface area (Å²) in [5, 5.41) is 3.18. The van der Waals surface area contributed by atoms with E-state index in [4.69, 9.17) is 4.74 Å². The first-order valence-corrected chi connectivity index (χ1v) is 4.08. The van der Waals surface area contributed by atoms with Crippen LogP contribution in [0.25, 0.3) is 0 Å². The molecule has 63 valence electrons. The Morgan fingerprint density at radius 1 is 1.82 bits per heavy atom. The smallest absolute Gasteiger partial charge is 0.204 e. The predicted octanol–water partition coefficient (Wildman–Crippen LogP) is 0.111. The monoisotopic (exact) mass is 156 g/mol. The average Bonchev–Trinajstić information content (AvgIpc) is 2.09. The van der Waals surface area contributed by atoms with Crippen LogP contribution in [0.5, 0.6) is 0 Å². The predicted molar refractivity (Wildman–Crippen MR) is 42.1 cm³/mol. The molecule has 0 aromatic carbocycles. The SMILES string of the molecule is CCC([C]=O)C1CNCCO1. The molecule has 0 spiro atoms. The van der Waals surface area contributed by atoms with Gasteiger partial charge in [-0.05, 0) is 6.42 Å². The molecular weight excluding hydrogens is 142 g/mol. The number of rotatable bonds is 3. The van der Waals surface area contributed by atoms with Crippen LogP contribution in [0.1, 0.15) is 13.3 Å². The van der Waals surface area contributed by atoms with Gasteiger partial charge < -0.3 is 10.1 Å². The lowest BCUT2D eigenvalue weighted by Crippen LogP contribution is -2.43. The summed E-state index contributed by atoms with van der Waals surface area (Å²) in [5.74, 6) is -0.0530. The number of carbonyl (C=O) groups excluding carboxylic acids is 1. The van der Waals surface area contributed by atoms with Crippen LogP contribution in [0.4, 0.5) is 0 Å². The standard InChI is InChI=1S/C8H14NO2/c1-2-7(6-10)8-5-9-3-4-11-8/h7-9H,2-5H2,1H3. The maximum absolute atomic E-state index is 10.4. The van der Waals surface area contributed by atoms with Gasteiger partial charge in [-0.15, -0.1) is 0 Å². The van der Waals surface area contributed by atoms with Crippen LogP contribution >= 0.6 is 0 Å². The van der Waals surface area contributed by atoms with E-state index in [-0.39, 0.29) is 12.0 Å². The van der Waals surface area contributed by atoms with Gasteiger partial charge in [0.2, 0.25) is 6.29 Å². The van der Waals surface area contributed by atoms with Gasteiger partial charge in [0.25, 0.3) is 0 Å². The topological polar surface area (TPSA) is 38.3 Å². The van der Waals surface area contributed by atoms with Gasteiger partial charge in [0.15, 0.2) is 0 Å². The van der Waals surface area contributed by atoms with E-state index in [0.717, 1.165) is 19.5 Å². The number of ether oxygens (including phenoxy) is 1. The fraction of sp³-hybridized carbons (Fsp3) is 0.875. The number of hydrogen-bond acceptors (Lipinski definition) is 3. The van der Waals surface area contributed by atoms with Crippen molar-refractivity contribution in [1.29, 1.82) is 0 Å². The highest BCUT2D eigenvalue weighted by molar-refractivity contribution is 5.55. The van der Waals surface area contributed by atoms with E-state index >= 15 is 0 Å². The van der Waals surface area contributed by atoms with Gasteiger partial charge in [0.1, 0.15) is 0 Å². The first-order valence-electron chi connectivity index (χ1n) is 4.08. The zero-order valence-electron chi connectivity index (χ0n) is 6.80. The highest BCUT2D eigenvalue weighted by atomic mass is 16.5. The van der Waals surface area contributed by atoms with Crippen LogP contribution in [-0.4, -0.2) is 32.1 Å². The van der Waals surface area contributed by atoms with Crippen molar-refractivity contribution in [2.24, 2.45) is 5.92 Å². The maximum atomic E-state index is 10.4. The van der Waals surface area contributed by atoms with Gasteiger partial charge in [-0.3, -0.25) is 4.79 Å². The second-order valence-corrected chi connectivity index (χ2v) is 2.75. The van der Waals surface area contributed by atoms with Crippen molar-refractivity contribution in [3.8, 4) is 0 Å². The fourth-order valence-electron chi connectivity index (χ4n) is 1.27. The molecule has 0 amide bonds. The second-order valence-electron chi connectivity index (χ2n) is 2.75. The Labute approximate surface area is 67.1 Å². The molecule has 11 heavy (non-hydrogen) atoms. The fourth-order valence-corrected chi connectivity index (χ4v) is 1.27. The second kappa shape index (κ2) is 4.46. The summed E-state index contributed by atoms with van der Waals surface area (Å²) in [6, 6.07) is 0. The molecule has 2 atom stereocenters. The van der Waals surface area contributed by atoms with Crippen molar-refractivity contribution in [3.63, 3.8) is 0 Å². The molecule has 1 radical (unpaired) electrons. The molecule has 1 heterocycles. The average molecular weight is 156 g/mol. The lowest BCUT2D eigenvalue weighted by molar-refractivity contribution is 0.00665.